The molecule has 0 saturated heterocycles. The van der Waals surface area contributed by atoms with E-state index >= 15 is 0 Å². The SMILES string of the molecule is N=C(N)NCCC[C@H](N)C(=O)O.NC(=O)C[C@H](N)C(=O)O.N[C@@H](CC(=O)O)C(=O)O. The van der Waals surface area contributed by atoms with Crippen molar-refractivity contribution in [2.24, 2.45) is 28.7 Å². The second-order valence-corrected chi connectivity index (χ2v) is 5.59. The van der Waals surface area contributed by atoms with Gasteiger partial charge in [-0.2, -0.15) is 0 Å². The number of nitrogens with one attached hydrogen (secondary N) is 2. The standard InChI is InChI=1S/C6H14N4O2.C4H8N2O3.C4H7NO4/c7-4(5(11)12)2-1-3-10-6(8)9;2*5-2(4(8)9)1-3(6)7/h4H,1-3,7H2,(H,11,12)(H4,8,9,10);2H,1,5H2,(H2,6,7)(H,8,9);2H,1,5H2,(H,6,7)(H,8,9)/t4-;2*2-/m000/s1. The van der Waals surface area contributed by atoms with Crippen LogP contribution in [0.5, 0.6) is 0 Å². The molecule has 16 nitrogen and oxygen atoms in total. The smallest absolute Gasteiger partial charge is 0.321 e. The molecule has 16 heteroatoms. The van der Waals surface area contributed by atoms with E-state index in [2.05, 4.69) is 11.1 Å². The van der Waals surface area contributed by atoms with Gasteiger partial charge in [-0.3, -0.25) is 29.4 Å². The number of primary amides is 1. The van der Waals surface area contributed by atoms with E-state index < -0.39 is 54.3 Å². The summed E-state index contributed by atoms with van der Waals surface area (Å²) in [7, 11) is 0. The zero-order valence-corrected chi connectivity index (χ0v) is 16.0. The molecule has 0 saturated carbocycles. The molecular weight excluding hydrogens is 410 g/mol. The Bertz CT molecular complexity index is 568. The van der Waals surface area contributed by atoms with Crippen molar-refractivity contribution in [1.82, 2.24) is 5.32 Å². The average molecular weight is 439 g/mol. The monoisotopic (exact) mass is 439 g/mol. The maximum atomic E-state index is 10.2. The molecule has 0 aromatic rings. The van der Waals surface area contributed by atoms with Gasteiger partial charge in [0.2, 0.25) is 5.91 Å². The molecule has 0 spiro atoms. The van der Waals surface area contributed by atoms with Crippen LogP contribution in [0.4, 0.5) is 0 Å². The van der Waals surface area contributed by atoms with Crippen molar-refractivity contribution in [3.8, 4) is 0 Å². The highest BCUT2D eigenvalue weighted by Crippen LogP contribution is 1.92. The Kier molecular flexibility index (Phi) is 18.3. The summed E-state index contributed by atoms with van der Waals surface area (Å²) in [6, 6.07) is -3.27. The molecule has 0 fully saturated rings. The fourth-order valence-electron chi connectivity index (χ4n) is 1.25. The van der Waals surface area contributed by atoms with Crippen molar-refractivity contribution < 1.29 is 44.4 Å². The summed E-state index contributed by atoms with van der Waals surface area (Å²) in [6.07, 6.45) is 0.132. The second-order valence-electron chi connectivity index (χ2n) is 5.59. The Morgan fingerprint density at radius 2 is 1.17 bits per heavy atom. The summed E-state index contributed by atoms with van der Waals surface area (Å²) in [6.45, 7) is 0.482. The topological polar surface area (TPSA) is 332 Å². The van der Waals surface area contributed by atoms with Crippen LogP contribution in [-0.4, -0.2) is 80.8 Å². The Morgan fingerprint density at radius 3 is 1.40 bits per heavy atom. The molecule has 3 atom stereocenters. The number of amides is 1. The first kappa shape index (κ1) is 31.2. The quantitative estimate of drug-likeness (QED) is 0.0825. The molecule has 0 bridgehead atoms. The van der Waals surface area contributed by atoms with Gasteiger partial charge >= 0.3 is 23.9 Å². The van der Waals surface area contributed by atoms with E-state index in [0.717, 1.165) is 0 Å². The third kappa shape index (κ3) is 24.5. The van der Waals surface area contributed by atoms with Crippen LogP contribution >= 0.6 is 0 Å². The van der Waals surface area contributed by atoms with E-state index in [9.17, 15) is 24.0 Å². The van der Waals surface area contributed by atoms with Crippen molar-refractivity contribution in [3.05, 3.63) is 0 Å². The van der Waals surface area contributed by atoms with Gasteiger partial charge in [-0.15, -0.1) is 0 Å². The molecule has 0 heterocycles. The first-order valence-corrected chi connectivity index (χ1v) is 8.14. The van der Waals surface area contributed by atoms with E-state index in [4.69, 9.17) is 48.8 Å². The lowest BCUT2D eigenvalue weighted by Gasteiger charge is -2.06. The van der Waals surface area contributed by atoms with Gasteiger partial charge in [-0.1, -0.05) is 0 Å². The molecule has 0 unspecified atom stereocenters. The van der Waals surface area contributed by atoms with Crippen LogP contribution in [0.25, 0.3) is 0 Å². The van der Waals surface area contributed by atoms with Crippen LogP contribution in [0.1, 0.15) is 25.7 Å². The molecule has 0 rings (SSSR count). The number of carboxylic acid groups (broad SMARTS) is 4. The van der Waals surface area contributed by atoms with E-state index in [0.29, 0.717) is 19.4 Å². The molecule has 0 aromatic carbocycles. The zero-order chi connectivity index (χ0) is 24.4. The number of carbonyl (C=O) groups is 5. The van der Waals surface area contributed by atoms with Crippen LogP contribution in [0, 0.1) is 5.41 Å². The highest BCUT2D eigenvalue weighted by molar-refractivity contribution is 5.83. The molecular formula is C14H29N7O9. The molecule has 1 amide bonds. The highest BCUT2D eigenvalue weighted by atomic mass is 16.4. The first-order chi connectivity index (χ1) is 13.6. The number of nitrogens with two attached hydrogens (primary N) is 5. The number of hydrogen-bond donors (Lipinski definition) is 11. The van der Waals surface area contributed by atoms with Crippen LogP contribution in [-0.2, 0) is 24.0 Å². The Balaban J connectivity index is -0.000000371. The number of hydrogen-bond acceptors (Lipinski definition) is 9. The number of carboxylic acids is 4. The van der Waals surface area contributed by atoms with Gasteiger partial charge in [-0.05, 0) is 12.8 Å². The van der Waals surface area contributed by atoms with Gasteiger partial charge in [0.05, 0.1) is 12.8 Å². The van der Waals surface area contributed by atoms with Crippen molar-refractivity contribution in [2.45, 2.75) is 43.8 Å². The summed E-state index contributed by atoms with van der Waals surface area (Å²) >= 11 is 0. The summed E-state index contributed by atoms with van der Waals surface area (Å²) in [5, 5.41) is 41.8. The summed E-state index contributed by atoms with van der Waals surface area (Å²) in [5.74, 6) is -5.53. The van der Waals surface area contributed by atoms with Gasteiger partial charge in [0, 0.05) is 6.54 Å². The van der Waals surface area contributed by atoms with Gasteiger partial charge in [0.1, 0.15) is 18.1 Å². The third-order valence-corrected chi connectivity index (χ3v) is 2.77. The molecule has 0 radical (unpaired) electrons. The maximum absolute atomic E-state index is 10.2. The Labute approximate surface area is 170 Å². The van der Waals surface area contributed by atoms with Crippen LogP contribution < -0.4 is 34.0 Å². The van der Waals surface area contributed by atoms with Crippen LogP contribution in [0.15, 0.2) is 0 Å². The van der Waals surface area contributed by atoms with Crippen molar-refractivity contribution in [2.75, 3.05) is 6.54 Å². The highest BCUT2D eigenvalue weighted by Gasteiger charge is 2.14. The van der Waals surface area contributed by atoms with Crippen LogP contribution in [0.3, 0.4) is 0 Å². The van der Waals surface area contributed by atoms with Gasteiger partial charge in [0.15, 0.2) is 5.96 Å². The lowest BCUT2D eigenvalue weighted by atomic mass is 10.2. The van der Waals surface area contributed by atoms with E-state index in [1.54, 1.807) is 0 Å². The largest absolute Gasteiger partial charge is 0.481 e. The normalized spacial score (nSPS) is 12.4. The molecule has 0 aromatic heterocycles. The minimum absolute atomic E-state index is 0.112. The van der Waals surface area contributed by atoms with Crippen molar-refractivity contribution in [1.29, 1.82) is 5.41 Å². The number of carbonyl (C=O) groups excluding carboxylic acids is 1. The van der Waals surface area contributed by atoms with Crippen molar-refractivity contribution >= 4 is 35.7 Å². The fraction of sp³-hybridized carbons (Fsp3) is 0.571. The fourth-order valence-corrected chi connectivity index (χ4v) is 1.25. The first-order valence-electron chi connectivity index (χ1n) is 8.14. The third-order valence-electron chi connectivity index (χ3n) is 2.77. The predicted molar refractivity (Wildman–Crippen MR) is 102 cm³/mol. The summed E-state index contributed by atoms with van der Waals surface area (Å²) in [4.78, 5) is 49.7. The maximum Gasteiger partial charge on any atom is 0.321 e. The lowest BCUT2D eigenvalue weighted by molar-refractivity contribution is -0.144. The molecule has 0 aliphatic heterocycles. The van der Waals surface area contributed by atoms with E-state index in [-0.39, 0.29) is 12.4 Å². The van der Waals surface area contributed by atoms with Gasteiger partial charge in [0.25, 0.3) is 0 Å². The predicted octanol–water partition coefficient (Wildman–Crippen LogP) is -4.19. The van der Waals surface area contributed by atoms with E-state index in [1.807, 2.05) is 0 Å². The van der Waals surface area contributed by atoms with Gasteiger partial charge in [-0.25, -0.2) is 0 Å². The Hall–Kier alpha value is -3.50. The van der Waals surface area contributed by atoms with E-state index in [1.165, 1.54) is 0 Å². The minimum atomic E-state index is -1.29. The number of aliphatic carboxylic acids is 4. The van der Waals surface area contributed by atoms with Crippen LogP contribution in [0.2, 0.25) is 0 Å². The van der Waals surface area contributed by atoms with Gasteiger partial charge < -0.3 is 54.4 Å². The molecule has 174 valence electrons. The molecule has 0 aliphatic rings. The summed E-state index contributed by atoms with van der Waals surface area (Å²) < 4.78 is 0. The lowest BCUT2D eigenvalue weighted by Crippen LogP contribution is -2.34. The zero-order valence-electron chi connectivity index (χ0n) is 16.0. The van der Waals surface area contributed by atoms with Crippen molar-refractivity contribution in [3.63, 3.8) is 0 Å². The second kappa shape index (κ2) is 17.6. The Morgan fingerprint density at radius 1 is 0.767 bits per heavy atom. The number of rotatable bonds is 11. The minimum Gasteiger partial charge on any atom is -0.481 e. The molecule has 16 N–H and O–H groups in total. The number of guanidine groups is 1. The summed E-state index contributed by atoms with van der Waals surface area (Å²) in [5.41, 5.74) is 24.6. The molecule has 0 aliphatic carbocycles. The average Bonchev–Trinajstić information content (AvgIpc) is 2.58. The molecule has 30 heavy (non-hydrogen) atoms.